The van der Waals surface area contributed by atoms with Crippen molar-refractivity contribution in [1.82, 2.24) is 9.78 Å². The molecule has 0 spiro atoms. The van der Waals surface area contributed by atoms with E-state index in [0.717, 1.165) is 18.3 Å². The van der Waals surface area contributed by atoms with Gasteiger partial charge in [-0.25, -0.2) is 4.68 Å². The molecule has 1 aliphatic heterocycles. The van der Waals surface area contributed by atoms with Gasteiger partial charge in [-0.1, -0.05) is 0 Å². The number of fused-ring (bicyclic) bond motifs is 1. The molecule has 1 N–H and O–H groups in total. The quantitative estimate of drug-likeness (QED) is 0.679. The van der Waals surface area contributed by atoms with E-state index in [0.29, 0.717) is 0 Å². The van der Waals surface area contributed by atoms with E-state index in [1.165, 1.54) is 18.5 Å². The average molecular weight is 161 g/mol. The zero-order valence-corrected chi connectivity index (χ0v) is 6.83. The first-order valence-corrected chi connectivity index (χ1v) is 4.43. The SMILES string of the molecule is C1=CNc2cc(C3CC3)nn2C1. The monoisotopic (exact) mass is 161 g/mol. The third kappa shape index (κ3) is 0.858. The van der Waals surface area contributed by atoms with Crippen molar-refractivity contribution < 1.29 is 0 Å². The topological polar surface area (TPSA) is 29.9 Å². The minimum atomic E-state index is 0.755. The number of anilines is 1. The van der Waals surface area contributed by atoms with Crippen molar-refractivity contribution in [3.8, 4) is 0 Å². The van der Waals surface area contributed by atoms with Gasteiger partial charge < -0.3 is 5.32 Å². The minimum absolute atomic E-state index is 0.755. The Kier molecular flexibility index (Phi) is 1.11. The first-order chi connectivity index (χ1) is 5.93. The van der Waals surface area contributed by atoms with E-state index in [-0.39, 0.29) is 0 Å². The van der Waals surface area contributed by atoms with E-state index in [1.54, 1.807) is 0 Å². The second-order valence-corrected chi connectivity index (χ2v) is 3.46. The summed E-state index contributed by atoms with van der Waals surface area (Å²) < 4.78 is 2.02. The lowest BCUT2D eigenvalue weighted by Gasteiger charge is -2.08. The predicted molar refractivity (Wildman–Crippen MR) is 47.0 cm³/mol. The Balaban J connectivity index is 2.00. The molecule has 2 heterocycles. The maximum atomic E-state index is 4.52. The van der Waals surface area contributed by atoms with Crippen molar-refractivity contribution in [3.05, 3.63) is 24.0 Å². The van der Waals surface area contributed by atoms with Gasteiger partial charge >= 0.3 is 0 Å². The molecule has 0 amide bonds. The third-order valence-corrected chi connectivity index (χ3v) is 2.42. The van der Waals surface area contributed by atoms with Gasteiger partial charge in [-0.3, -0.25) is 0 Å². The molecular formula is C9H11N3. The van der Waals surface area contributed by atoms with Crippen molar-refractivity contribution >= 4 is 5.82 Å². The number of nitrogens with zero attached hydrogens (tertiary/aromatic N) is 2. The van der Waals surface area contributed by atoms with Gasteiger partial charge in [0, 0.05) is 18.2 Å². The summed E-state index contributed by atoms with van der Waals surface area (Å²) in [6, 6.07) is 2.17. The second-order valence-electron chi connectivity index (χ2n) is 3.46. The average Bonchev–Trinajstić information content (AvgIpc) is 2.85. The number of allylic oxidation sites excluding steroid dienone is 1. The molecule has 0 atom stereocenters. The molecule has 62 valence electrons. The van der Waals surface area contributed by atoms with Crippen molar-refractivity contribution in [3.63, 3.8) is 0 Å². The van der Waals surface area contributed by atoms with Crippen molar-refractivity contribution in [2.75, 3.05) is 5.32 Å². The van der Waals surface area contributed by atoms with Crippen LogP contribution >= 0.6 is 0 Å². The summed E-state index contributed by atoms with van der Waals surface area (Å²) in [6.07, 6.45) is 6.71. The lowest BCUT2D eigenvalue weighted by molar-refractivity contribution is 0.684. The highest BCUT2D eigenvalue weighted by molar-refractivity contribution is 5.43. The number of nitrogens with one attached hydrogen (secondary N) is 1. The number of rotatable bonds is 1. The Morgan fingerprint density at radius 3 is 3.17 bits per heavy atom. The summed E-state index contributed by atoms with van der Waals surface area (Å²) in [5.41, 5.74) is 1.27. The first kappa shape index (κ1) is 6.29. The van der Waals surface area contributed by atoms with E-state index in [1.807, 2.05) is 10.9 Å². The fourth-order valence-corrected chi connectivity index (χ4v) is 1.57. The maximum Gasteiger partial charge on any atom is 0.128 e. The van der Waals surface area contributed by atoms with Crippen molar-refractivity contribution in [2.24, 2.45) is 0 Å². The van der Waals surface area contributed by atoms with E-state index in [9.17, 15) is 0 Å². The fourth-order valence-electron chi connectivity index (χ4n) is 1.57. The zero-order valence-electron chi connectivity index (χ0n) is 6.83. The fraction of sp³-hybridized carbons (Fsp3) is 0.444. The molecule has 0 unspecified atom stereocenters. The lowest BCUT2D eigenvalue weighted by Crippen LogP contribution is -2.07. The van der Waals surface area contributed by atoms with Crippen LogP contribution in [-0.2, 0) is 6.54 Å². The summed E-state index contributed by atoms with van der Waals surface area (Å²) in [7, 11) is 0. The van der Waals surface area contributed by atoms with Crippen LogP contribution in [0.1, 0.15) is 24.5 Å². The Bertz CT molecular complexity index is 308. The molecule has 0 saturated heterocycles. The van der Waals surface area contributed by atoms with Gasteiger partial charge in [0.25, 0.3) is 0 Å². The molecule has 12 heavy (non-hydrogen) atoms. The summed E-state index contributed by atoms with van der Waals surface area (Å²) in [6.45, 7) is 0.912. The van der Waals surface area contributed by atoms with E-state index in [4.69, 9.17) is 0 Å². The summed E-state index contributed by atoms with van der Waals surface area (Å²) >= 11 is 0. The van der Waals surface area contributed by atoms with E-state index >= 15 is 0 Å². The molecule has 1 aromatic heterocycles. The van der Waals surface area contributed by atoms with Gasteiger partial charge in [-0.15, -0.1) is 0 Å². The molecular weight excluding hydrogens is 150 g/mol. The number of aromatic nitrogens is 2. The number of hydrogen-bond donors (Lipinski definition) is 1. The van der Waals surface area contributed by atoms with Crippen LogP contribution in [0.4, 0.5) is 5.82 Å². The highest BCUT2D eigenvalue weighted by Gasteiger charge is 2.27. The molecule has 3 rings (SSSR count). The molecule has 3 nitrogen and oxygen atoms in total. The van der Waals surface area contributed by atoms with Crippen LogP contribution in [0.3, 0.4) is 0 Å². The van der Waals surface area contributed by atoms with Gasteiger partial charge in [0.15, 0.2) is 0 Å². The standard InChI is InChI=1S/C9H11N3/c1-4-10-9-6-8(7-2-3-7)11-12(9)5-1/h1,4,6-7,10H,2-3,5H2. The lowest BCUT2D eigenvalue weighted by atomic mass is 10.3. The van der Waals surface area contributed by atoms with Crippen LogP contribution in [-0.4, -0.2) is 9.78 Å². The molecule has 0 radical (unpaired) electrons. The van der Waals surface area contributed by atoms with Gasteiger partial charge in [0.1, 0.15) is 5.82 Å². The summed E-state index contributed by atoms with van der Waals surface area (Å²) in [5.74, 6) is 1.89. The van der Waals surface area contributed by atoms with Gasteiger partial charge in [0.05, 0.1) is 12.2 Å². The molecule has 1 aromatic rings. The van der Waals surface area contributed by atoms with Crippen LogP contribution < -0.4 is 5.32 Å². The van der Waals surface area contributed by atoms with Crippen LogP contribution in [0, 0.1) is 0 Å². The van der Waals surface area contributed by atoms with Crippen molar-refractivity contribution in [1.29, 1.82) is 0 Å². The van der Waals surface area contributed by atoms with Gasteiger partial charge in [0.2, 0.25) is 0 Å². The van der Waals surface area contributed by atoms with Crippen LogP contribution in [0.2, 0.25) is 0 Å². The largest absolute Gasteiger partial charge is 0.347 e. The molecule has 1 aliphatic carbocycles. The smallest absolute Gasteiger partial charge is 0.128 e. The van der Waals surface area contributed by atoms with Crippen LogP contribution in [0.5, 0.6) is 0 Å². The minimum Gasteiger partial charge on any atom is -0.347 e. The second kappa shape index (κ2) is 2.12. The zero-order chi connectivity index (χ0) is 7.97. The Hall–Kier alpha value is -1.25. The van der Waals surface area contributed by atoms with Gasteiger partial charge in [-0.2, -0.15) is 5.10 Å². The normalized spacial score (nSPS) is 20.3. The Morgan fingerprint density at radius 2 is 2.42 bits per heavy atom. The Labute approximate surface area is 71.1 Å². The van der Waals surface area contributed by atoms with Crippen LogP contribution in [0.25, 0.3) is 0 Å². The highest BCUT2D eigenvalue weighted by atomic mass is 15.3. The molecule has 1 saturated carbocycles. The highest BCUT2D eigenvalue weighted by Crippen LogP contribution is 2.40. The van der Waals surface area contributed by atoms with Gasteiger partial charge in [-0.05, 0) is 18.9 Å². The third-order valence-electron chi connectivity index (χ3n) is 2.42. The molecule has 3 heteroatoms. The molecule has 0 aromatic carbocycles. The summed E-state index contributed by atoms with van der Waals surface area (Å²) in [4.78, 5) is 0. The van der Waals surface area contributed by atoms with Crippen molar-refractivity contribution in [2.45, 2.75) is 25.3 Å². The van der Waals surface area contributed by atoms with E-state index < -0.39 is 0 Å². The van der Waals surface area contributed by atoms with Crippen LogP contribution in [0.15, 0.2) is 18.3 Å². The maximum absolute atomic E-state index is 4.52. The Morgan fingerprint density at radius 1 is 1.50 bits per heavy atom. The molecule has 0 bridgehead atoms. The molecule has 1 fully saturated rings. The first-order valence-electron chi connectivity index (χ1n) is 4.43. The number of hydrogen-bond acceptors (Lipinski definition) is 2. The predicted octanol–water partition coefficient (Wildman–Crippen LogP) is 1.70. The summed E-state index contributed by atoms with van der Waals surface area (Å²) in [5, 5.41) is 7.70. The molecule has 2 aliphatic rings. The van der Waals surface area contributed by atoms with E-state index in [2.05, 4.69) is 22.6 Å².